The van der Waals surface area contributed by atoms with Crippen LogP contribution in [-0.4, -0.2) is 18.3 Å². The number of hydrogen-bond acceptors (Lipinski definition) is 6. The molecule has 0 N–H and O–H groups in total. The number of nitrogens with zero attached hydrogens (tertiary/aromatic N) is 2. The summed E-state index contributed by atoms with van der Waals surface area (Å²) in [6, 6.07) is 14.3. The van der Waals surface area contributed by atoms with Crippen LogP contribution in [0.4, 0.5) is 0 Å². The van der Waals surface area contributed by atoms with Crippen LogP contribution in [0.3, 0.4) is 0 Å². The lowest BCUT2D eigenvalue weighted by Crippen LogP contribution is -2.33. The van der Waals surface area contributed by atoms with E-state index < -0.39 is 5.92 Å². The van der Waals surface area contributed by atoms with Crippen LogP contribution in [0.5, 0.6) is 0 Å². The van der Waals surface area contributed by atoms with E-state index in [-0.39, 0.29) is 11.9 Å². The van der Waals surface area contributed by atoms with Gasteiger partial charge in [-0.1, -0.05) is 34.1 Å². The average Bonchev–Trinajstić information content (AvgIpc) is 3.21. The summed E-state index contributed by atoms with van der Waals surface area (Å²) in [5.41, 5.74) is 2.37. The smallest absolute Gasteiger partial charge is 0.315 e. The van der Waals surface area contributed by atoms with Crippen molar-refractivity contribution >= 4 is 50.7 Å². The maximum atomic E-state index is 12.7. The van der Waals surface area contributed by atoms with Gasteiger partial charge in [0.15, 0.2) is 0 Å². The number of carbonyl (C=O) groups excluding carboxylic acids is 1. The number of nitriles is 1. The number of benzene rings is 1. The highest BCUT2D eigenvalue weighted by molar-refractivity contribution is 9.10. The van der Waals surface area contributed by atoms with E-state index in [0.29, 0.717) is 28.7 Å². The Morgan fingerprint density at radius 1 is 1.36 bits per heavy atom. The second kappa shape index (κ2) is 9.55. The molecular weight excluding hydrogens is 456 g/mol. The number of esters is 1. The summed E-state index contributed by atoms with van der Waals surface area (Å²) in [5, 5.41) is 12.6. The van der Waals surface area contributed by atoms with Crippen LogP contribution in [0, 0.1) is 17.2 Å². The lowest BCUT2D eigenvalue weighted by atomic mass is 9.81. The molecule has 2 atom stereocenters. The van der Waals surface area contributed by atoms with Crippen molar-refractivity contribution < 1.29 is 9.53 Å². The molecule has 1 aliphatic heterocycles. The molecule has 1 aromatic heterocycles. The minimum absolute atomic E-state index is 0.302. The van der Waals surface area contributed by atoms with E-state index in [2.05, 4.69) is 27.0 Å². The van der Waals surface area contributed by atoms with Gasteiger partial charge in [-0.15, -0.1) is 23.1 Å². The van der Waals surface area contributed by atoms with Crippen molar-refractivity contribution in [3.8, 4) is 6.07 Å². The summed E-state index contributed by atoms with van der Waals surface area (Å²) in [6.07, 6.45) is 0. The Morgan fingerprint density at radius 2 is 2.11 bits per heavy atom. The van der Waals surface area contributed by atoms with E-state index in [1.165, 1.54) is 11.8 Å². The van der Waals surface area contributed by atoms with Crippen LogP contribution < -0.4 is 0 Å². The van der Waals surface area contributed by atoms with E-state index >= 15 is 0 Å². The first-order chi connectivity index (χ1) is 13.5. The van der Waals surface area contributed by atoms with E-state index in [1.807, 2.05) is 48.7 Å². The standard InChI is InChI=1S/C21H19BrN2O2S2/c1-3-26-21(25)18-13(2)24-20(28-12-14-6-8-15(22)9-7-14)16(11-23)19(18)17-5-4-10-27-17/h4-10,18-19H,3,12H2,1-2H3/t18?,19-/m1/s1. The first-order valence-electron chi connectivity index (χ1n) is 8.81. The molecular formula is C21H19BrN2O2S2. The van der Waals surface area contributed by atoms with Gasteiger partial charge in [0.2, 0.25) is 0 Å². The fraction of sp³-hybridized carbons (Fsp3) is 0.286. The number of halogens is 1. The van der Waals surface area contributed by atoms with Crippen molar-refractivity contribution in [2.45, 2.75) is 25.5 Å². The lowest BCUT2D eigenvalue weighted by Gasteiger charge is -2.29. The van der Waals surface area contributed by atoms with Crippen molar-refractivity contribution in [1.29, 1.82) is 5.26 Å². The molecule has 0 amide bonds. The SMILES string of the molecule is CCOC(=O)C1C(C)=NC(SCc2ccc(Br)cc2)=C(C#N)[C@@H]1c1cccs1. The van der Waals surface area contributed by atoms with Crippen LogP contribution in [-0.2, 0) is 15.3 Å². The third-order valence-corrected chi connectivity index (χ3v) is 6.95. The predicted molar refractivity (Wildman–Crippen MR) is 118 cm³/mol. The second-order valence-electron chi connectivity index (χ2n) is 6.22. The van der Waals surface area contributed by atoms with Crippen molar-refractivity contribution in [2.24, 2.45) is 10.9 Å². The number of thioether (sulfide) groups is 1. The molecule has 144 valence electrons. The first kappa shape index (κ1) is 20.8. The number of aliphatic imine (C=N–C) groups is 1. The number of ether oxygens (including phenoxy) is 1. The number of hydrogen-bond donors (Lipinski definition) is 0. The number of carbonyl (C=O) groups is 1. The molecule has 4 nitrogen and oxygen atoms in total. The third-order valence-electron chi connectivity index (χ3n) is 4.40. The lowest BCUT2D eigenvalue weighted by molar-refractivity contribution is -0.145. The van der Waals surface area contributed by atoms with Crippen LogP contribution in [0.15, 0.2) is 61.8 Å². The first-order valence-corrected chi connectivity index (χ1v) is 11.5. The summed E-state index contributed by atoms with van der Waals surface area (Å²) < 4.78 is 6.32. The number of allylic oxidation sites excluding steroid dienone is 1. The van der Waals surface area contributed by atoms with Crippen LogP contribution in [0.2, 0.25) is 0 Å². The van der Waals surface area contributed by atoms with E-state index in [1.54, 1.807) is 18.3 Å². The van der Waals surface area contributed by atoms with Gasteiger partial charge in [0.25, 0.3) is 0 Å². The minimum Gasteiger partial charge on any atom is -0.465 e. The molecule has 1 unspecified atom stereocenters. The Balaban J connectivity index is 1.96. The van der Waals surface area contributed by atoms with Gasteiger partial charge in [-0.2, -0.15) is 5.26 Å². The summed E-state index contributed by atoms with van der Waals surface area (Å²) in [7, 11) is 0. The topological polar surface area (TPSA) is 62.4 Å². The molecule has 1 aromatic carbocycles. The molecule has 1 aliphatic rings. The van der Waals surface area contributed by atoms with E-state index in [9.17, 15) is 10.1 Å². The molecule has 0 radical (unpaired) electrons. The fourth-order valence-corrected chi connectivity index (χ4v) is 5.27. The zero-order valence-electron chi connectivity index (χ0n) is 15.5. The summed E-state index contributed by atoms with van der Waals surface area (Å²) in [5.74, 6) is -0.544. The predicted octanol–water partition coefficient (Wildman–Crippen LogP) is 5.92. The van der Waals surface area contributed by atoms with Gasteiger partial charge in [-0.25, -0.2) is 4.99 Å². The molecule has 0 saturated carbocycles. The molecule has 0 aliphatic carbocycles. The molecule has 0 bridgehead atoms. The number of rotatable bonds is 6. The molecule has 28 heavy (non-hydrogen) atoms. The van der Waals surface area contributed by atoms with Crippen molar-refractivity contribution in [3.05, 3.63) is 67.3 Å². The second-order valence-corrected chi connectivity index (χ2v) is 9.08. The molecule has 3 rings (SSSR count). The molecule has 0 spiro atoms. The van der Waals surface area contributed by atoms with Crippen LogP contribution in [0.1, 0.15) is 30.2 Å². The molecule has 0 fully saturated rings. The summed E-state index contributed by atoms with van der Waals surface area (Å²) >= 11 is 6.51. The average molecular weight is 475 g/mol. The Bertz CT molecular complexity index is 944. The van der Waals surface area contributed by atoms with Gasteiger partial charge >= 0.3 is 5.97 Å². The largest absolute Gasteiger partial charge is 0.465 e. The van der Waals surface area contributed by atoms with Crippen LogP contribution >= 0.6 is 39.0 Å². The Morgan fingerprint density at radius 3 is 2.71 bits per heavy atom. The van der Waals surface area contributed by atoms with Gasteiger partial charge in [-0.05, 0) is 43.0 Å². The van der Waals surface area contributed by atoms with Crippen molar-refractivity contribution in [2.75, 3.05) is 6.61 Å². The molecule has 0 saturated heterocycles. The highest BCUT2D eigenvalue weighted by Gasteiger charge is 2.40. The Labute approximate surface area is 181 Å². The quantitative estimate of drug-likeness (QED) is 0.487. The fourth-order valence-electron chi connectivity index (χ4n) is 3.10. The zero-order chi connectivity index (χ0) is 20.1. The van der Waals surface area contributed by atoms with E-state index in [4.69, 9.17) is 4.74 Å². The van der Waals surface area contributed by atoms with Crippen molar-refractivity contribution in [1.82, 2.24) is 0 Å². The van der Waals surface area contributed by atoms with Gasteiger partial charge in [0.1, 0.15) is 10.9 Å². The van der Waals surface area contributed by atoms with Crippen LogP contribution in [0.25, 0.3) is 0 Å². The molecule has 7 heteroatoms. The molecule has 2 aromatic rings. The minimum atomic E-state index is -0.565. The maximum absolute atomic E-state index is 12.7. The maximum Gasteiger partial charge on any atom is 0.315 e. The highest BCUT2D eigenvalue weighted by Crippen LogP contribution is 2.44. The number of thiophene rings is 1. The highest BCUT2D eigenvalue weighted by atomic mass is 79.9. The van der Waals surface area contributed by atoms with E-state index in [0.717, 1.165) is 14.9 Å². The third kappa shape index (κ3) is 4.57. The summed E-state index contributed by atoms with van der Waals surface area (Å²) in [4.78, 5) is 18.3. The monoisotopic (exact) mass is 474 g/mol. The van der Waals surface area contributed by atoms with Gasteiger partial charge in [0, 0.05) is 26.7 Å². The summed E-state index contributed by atoms with van der Waals surface area (Å²) in [6.45, 7) is 3.93. The Kier molecular flexibility index (Phi) is 7.11. The van der Waals surface area contributed by atoms with Gasteiger partial charge < -0.3 is 4.74 Å². The van der Waals surface area contributed by atoms with Crippen molar-refractivity contribution in [3.63, 3.8) is 0 Å². The van der Waals surface area contributed by atoms with Gasteiger partial charge in [-0.3, -0.25) is 4.79 Å². The zero-order valence-corrected chi connectivity index (χ0v) is 18.7. The normalized spacial score (nSPS) is 19.1. The Hall–Kier alpha value is -1.88. The van der Waals surface area contributed by atoms with Gasteiger partial charge in [0.05, 0.1) is 18.2 Å². The molecule has 2 heterocycles.